The fourth-order valence-electron chi connectivity index (χ4n) is 1.66. The maximum Gasteiger partial charge on any atom is 0.358 e. The highest BCUT2D eigenvalue weighted by Crippen LogP contribution is 2.36. The van der Waals surface area contributed by atoms with E-state index in [1.165, 1.54) is 13.2 Å². The van der Waals surface area contributed by atoms with E-state index in [4.69, 9.17) is 40.5 Å². The second-order valence-corrected chi connectivity index (χ2v) is 5.12. The molecular formula is C13H9Cl3N2O2. The van der Waals surface area contributed by atoms with Crippen LogP contribution in [0.25, 0.3) is 11.3 Å². The van der Waals surface area contributed by atoms with Gasteiger partial charge in [0.25, 0.3) is 0 Å². The molecule has 2 aromatic rings. The number of nitrogen functional groups attached to an aromatic ring is 1. The zero-order valence-corrected chi connectivity index (χ0v) is 12.6. The highest BCUT2D eigenvalue weighted by atomic mass is 35.5. The number of hydrogen-bond donors (Lipinski definition) is 1. The zero-order chi connectivity index (χ0) is 14.9. The molecule has 0 bridgehead atoms. The molecule has 2 rings (SSSR count). The minimum Gasteiger partial charge on any atom is -0.464 e. The van der Waals surface area contributed by atoms with Crippen molar-refractivity contribution in [1.29, 1.82) is 0 Å². The molecule has 0 amide bonds. The third-order valence-electron chi connectivity index (χ3n) is 2.57. The Balaban J connectivity index is 2.63. The van der Waals surface area contributed by atoms with Crippen molar-refractivity contribution in [2.45, 2.75) is 0 Å². The Morgan fingerprint density at radius 1 is 1.20 bits per heavy atom. The number of ether oxygens (including phenoxy) is 1. The molecule has 20 heavy (non-hydrogen) atoms. The number of anilines is 1. The van der Waals surface area contributed by atoms with Gasteiger partial charge in [0.15, 0.2) is 5.69 Å². The zero-order valence-electron chi connectivity index (χ0n) is 10.3. The van der Waals surface area contributed by atoms with E-state index in [1.54, 1.807) is 18.2 Å². The van der Waals surface area contributed by atoms with E-state index in [1.807, 2.05) is 0 Å². The SMILES string of the molecule is COC(=O)c1nc(-c2c(Cl)cc(Cl)cc2Cl)ccc1N. The summed E-state index contributed by atoms with van der Waals surface area (Å²) in [4.78, 5) is 15.7. The summed E-state index contributed by atoms with van der Waals surface area (Å²) in [5, 5.41) is 1.07. The minimum atomic E-state index is -0.634. The third-order valence-corrected chi connectivity index (χ3v) is 3.38. The van der Waals surface area contributed by atoms with Crippen molar-refractivity contribution in [3.63, 3.8) is 0 Å². The van der Waals surface area contributed by atoms with Gasteiger partial charge in [-0.25, -0.2) is 9.78 Å². The van der Waals surface area contributed by atoms with Gasteiger partial charge >= 0.3 is 5.97 Å². The molecule has 0 saturated carbocycles. The molecule has 7 heteroatoms. The minimum absolute atomic E-state index is 0.00656. The number of methoxy groups -OCH3 is 1. The van der Waals surface area contributed by atoms with E-state index in [-0.39, 0.29) is 11.4 Å². The fraction of sp³-hybridized carbons (Fsp3) is 0.0769. The van der Waals surface area contributed by atoms with Crippen molar-refractivity contribution < 1.29 is 9.53 Å². The number of carbonyl (C=O) groups excluding carboxylic acids is 1. The first-order valence-electron chi connectivity index (χ1n) is 5.43. The van der Waals surface area contributed by atoms with Crippen molar-refractivity contribution in [2.75, 3.05) is 12.8 Å². The number of rotatable bonds is 2. The number of carbonyl (C=O) groups is 1. The first kappa shape index (κ1) is 14.9. The second-order valence-electron chi connectivity index (χ2n) is 3.87. The average molecular weight is 332 g/mol. The van der Waals surface area contributed by atoms with Crippen LogP contribution in [0.4, 0.5) is 5.69 Å². The van der Waals surface area contributed by atoms with Crippen LogP contribution in [0.5, 0.6) is 0 Å². The summed E-state index contributed by atoms with van der Waals surface area (Å²) < 4.78 is 4.62. The Hall–Kier alpha value is -1.49. The van der Waals surface area contributed by atoms with Crippen molar-refractivity contribution in [3.05, 3.63) is 45.0 Å². The Bertz CT molecular complexity index is 666. The van der Waals surface area contributed by atoms with Gasteiger partial charge in [0.1, 0.15) is 0 Å². The number of esters is 1. The van der Waals surface area contributed by atoms with E-state index in [9.17, 15) is 4.79 Å². The number of nitrogens with zero attached hydrogens (tertiary/aromatic N) is 1. The van der Waals surface area contributed by atoms with E-state index in [0.29, 0.717) is 26.3 Å². The van der Waals surface area contributed by atoms with E-state index < -0.39 is 5.97 Å². The van der Waals surface area contributed by atoms with Gasteiger partial charge in [-0.3, -0.25) is 0 Å². The molecule has 0 aliphatic carbocycles. The number of hydrogen-bond acceptors (Lipinski definition) is 4. The molecule has 0 radical (unpaired) electrons. The lowest BCUT2D eigenvalue weighted by Gasteiger charge is -2.10. The van der Waals surface area contributed by atoms with E-state index >= 15 is 0 Å². The Labute approximate surface area is 130 Å². The Morgan fingerprint density at radius 2 is 1.80 bits per heavy atom. The van der Waals surface area contributed by atoms with Crippen molar-refractivity contribution in [3.8, 4) is 11.3 Å². The molecule has 2 N–H and O–H groups in total. The van der Waals surface area contributed by atoms with Crippen molar-refractivity contribution in [1.82, 2.24) is 4.98 Å². The summed E-state index contributed by atoms with van der Waals surface area (Å²) >= 11 is 18.1. The predicted octanol–water partition coefficient (Wildman–Crippen LogP) is 4.08. The third kappa shape index (κ3) is 2.82. The first-order valence-corrected chi connectivity index (χ1v) is 6.57. The van der Waals surface area contributed by atoms with Gasteiger partial charge in [-0.15, -0.1) is 0 Å². The van der Waals surface area contributed by atoms with Crippen LogP contribution in [-0.2, 0) is 4.74 Å². The quantitative estimate of drug-likeness (QED) is 0.842. The maximum absolute atomic E-state index is 11.6. The van der Waals surface area contributed by atoms with Crippen LogP contribution in [-0.4, -0.2) is 18.1 Å². The fourth-order valence-corrected chi connectivity index (χ4v) is 2.67. The smallest absolute Gasteiger partial charge is 0.358 e. The highest BCUT2D eigenvalue weighted by molar-refractivity contribution is 6.41. The summed E-state index contributed by atoms with van der Waals surface area (Å²) in [6.45, 7) is 0. The van der Waals surface area contributed by atoms with Gasteiger partial charge in [0.05, 0.1) is 28.5 Å². The van der Waals surface area contributed by atoms with Gasteiger partial charge < -0.3 is 10.5 Å². The summed E-state index contributed by atoms with van der Waals surface area (Å²) in [6, 6.07) is 6.24. The second kappa shape index (κ2) is 5.87. The number of halogens is 3. The van der Waals surface area contributed by atoms with E-state index in [0.717, 1.165) is 0 Å². The van der Waals surface area contributed by atoms with Gasteiger partial charge in [0.2, 0.25) is 0 Å². The first-order chi connectivity index (χ1) is 9.43. The number of aromatic nitrogens is 1. The normalized spacial score (nSPS) is 10.4. The van der Waals surface area contributed by atoms with Crippen LogP contribution in [0, 0.1) is 0 Å². The molecular weight excluding hydrogens is 323 g/mol. The van der Waals surface area contributed by atoms with Gasteiger partial charge in [-0.1, -0.05) is 34.8 Å². The van der Waals surface area contributed by atoms with Gasteiger partial charge in [-0.2, -0.15) is 0 Å². The molecule has 0 fully saturated rings. The molecule has 0 unspecified atom stereocenters. The van der Waals surface area contributed by atoms with Crippen LogP contribution in [0.1, 0.15) is 10.5 Å². The molecule has 0 saturated heterocycles. The molecule has 0 atom stereocenters. The molecule has 0 spiro atoms. The van der Waals surface area contributed by atoms with Crippen LogP contribution in [0.2, 0.25) is 15.1 Å². The number of benzene rings is 1. The van der Waals surface area contributed by atoms with Crippen LogP contribution < -0.4 is 5.73 Å². The van der Waals surface area contributed by atoms with Crippen LogP contribution >= 0.6 is 34.8 Å². The van der Waals surface area contributed by atoms with Crippen LogP contribution in [0.15, 0.2) is 24.3 Å². The number of pyridine rings is 1. The van der Waals surface area contributed by atoms with Crippen molar-refractivity contribution >= 4 is 46.5 Å². The maximum atomic E-state index is 11.6. The number of nitrogens with two attached hydrogens (primary N) is 1. The summed E-state index contributed by atoms with van der Waals surface area (Å²) in [7, 11) is 1.25. The van der Waals surface area contributed by atoms with E-state index in [2.05, 4.69) is 9.72 Å². The molecule has 0 aliphatic rings. The Morgan fingerprint density at radius 3 is 2.35 bits per heavy atom. The molecule has 104 valence electrons. The molecule has 4 nitrogen and oxygen atoms in total. The average Bonchev–Trinajstić information content (AvgIpc) is 2.38. The highest BCUT2D eigenvalue weighted by Gasteiger charge is 2.17. The molecule has 1 aromatic carbocycles. The molecule has 1 heterocycles. The Kier molecular flexibility index (Phi) is 4.38. The molecule has 1 aromatic heterocycles. The standard InChI is InChI=1S/C13H9Cl3N2O2/c1-20-13(19)12-9(17)2-3-10(18-12)11-7(15)4-6(14)5-8(11)16/h2-5H,17H2,1H3. The lowest BCUT2D eigenvalue weighted by atomic mass is 10.1. The summed E-state index contributed by atoms with van der Waals surface area (Å²) in [5.74, 6) is -0.634. The predicted molar refractivity (Wildman–Crippen MR) is 80.5 cm³/mol. The lowest BCUT2D eigenvalue weighted by Crippen LogP contribution is -2.09. The largest absolute Gasteiger partial charge is 0.464 e. The lowest BCUT2D eigenvalue weighted by molar-refractivity contribution is 0.0595. The van der Waals surface area contributed by atoms with Gasteiger partial charge in [-0.05, 0) is 24.3 Å². The van der Waals surface area contributed by atoms with Crippen LogP contribution in [0.3, 0.4) is 0 Å². The van der Waals surface area contributed by atoms with Gasteiger partial charge in [0, 0.05) is 10.6 Å². The van der Waals surface area contributed by atoms with Crippen molar-refractivity contribution in [2.24, 2.45) is 0 Å². The topological polar surface area (TPSA) is 65.2 Å². The molecule has 0 aliphatic heterocycles. The summed E-state index contributed by atoms with van der Waals surface area (Å²) in [6.07, 6.45) is 0. The monoisotopic (exact) mass is 330 g/mol. The summed E-state index contributed by atoms with van der Waals surface area (Å²) in [5.41, 5.74) is 6.79.